The number of aromatic nitrogens is 3. The lowest BCUT2D eigenvalue weighted by Gasteiger charge is -1.96. The SMILES string of the molecule is CCc1nc2c(N)ccnc2n1C. The quantitative estimate of drug-likeness (QED) is 0.708. The first-order valence-corrected chi connectivity index (χ1v) is 4.29. The van der Waals surface area contributed by atoms with Gasteiger partial charge in [-0.1, -0.05) is 6.92 Å². The number of nitrogen functional groups attached to an aromatic ring is 1. The molecule has 2 aromatic rings. The molecular weight excluding hydrogens is 164 g/mol. The van der Waals surface area contributed by atoms with Crippen molar-refractivity contribution in [3.63, 3.8) is 0 Å². The molecule has 2 rings (SSSR count). The highest BCUT2D eigenvalue weighted by Crippen LogP contribution is 2.18. The van der Waals surface area contributed by atoms with E-state index >= 15 is 0 Å². The third-order valence-electron chi connectivity index (χ3n) is 2.20. The molecule has 0 spiro atoms. The average molecular weight is 176 g/mol. The van der Waals surface area contributed by atoms with Crippen LogP contribution in [0.2, 0.25) is 0 Å². The minimum absolute atomic E-state index is 0.695. The molecule has 0 saturated carbocycles. The summed E-state index contributed by atoms with van der Waals surface area (Å²) in [7, 11) is 1.96. The number of imidazole rings is 1. The van der Waals surface area contributed by atoms with Gasteiger partial charge < -0.3 is 10.3 Å². The van der Waals surface area contributed by atoms with Crippen LogP contribution in [0.3, 0.4) is 0 Å². The molecule has 0 unspecified atom stereocenters. The number of nitrogens with zero attached hydrogens (tertiary/aromatic N) is 3. The maximum absolute atomic E-state index is 5.78. The zero-order valence-electron chi connectivity index (χ0n) is 7.78. The average Bonchev–Trinajstić information content (AvgIpc) is 2.45. The highest BCUT2D eigenvalue weighted by atomic mass is 15.1. The van der Waals surface area contributed by atoms with Crippen LogP contribution in [-0.2, 0) is 13.5 Å². The molecule has 0 atom stereocenters. The van der Waals surface area contributed by atoms with Crippen LogP contribution >= 0.6 is 0 Å². The van der Waals surface area contributed by atoms with Gasteiger partial charge in [-0.25, -0.2) is 9.97 Å². The Balaban J connectivity index is 2.83. The molecule has 0 saturated heterocycles. The second-order valence-corrected chi connectivity index (χ2v) is 3.01. The van der Waals surface area contributed by atoms with E-state index in [2.05, 4.69) is 16.9 Å². The standard InChI is InChI=1S/C9H12N4/c1-3-7-12-8-6(10)4-5-11-9(8)13(7)2/h4-5H,3H2,1-2H3,(H2,10,11). The Morgan fingerprint density at radius 3 is 2.92 bits per heavy atom. The Morgan fingerprint density at radius 1 is 1.54 bits per heavy atom. The predicted octanol–water partition coefficient (Wildman–Crippen LogP) is 1.11. The number of nitrogens with two attached hydrogens (primary N) is 1. The summed E-state index contributed by atoms with van der Waals surface area (Å²) in [4.78, 5) is 8.64. The van der Waals surface area contributed by atoms with E-state index < -0.39 is 0 Å². The van der Waals surface area contributed by atoms with Crippen molar-refractivity contribution >= 4 is 16.9 Å². The van der Waals surface area contributed by atoms with Crippen molar-refractivity contribution in [3.05, 3.63) is 18.1 Å². The topological polar surface area (TPSA) is 56.7 Å². The van der Waals surface area contributed by atoms with Gasteiger partial charge in [-0.15, -0.1) is 0 Å². The fourth-order valence-electron chi connectivity index (χ4n) is 1.46. The van der Waals surface area contributed by atoms with Crippen LogP contribution in [0.5, 0.6) is 0 Å². The zero-order chi connectivity index (χ0) is 9.42. The number of anilines is 1. The first-order valence-electron chi connectivity index (χ1n) is 4.29. The number of aryl methyl sites for hydroxylation is 2. The first kappa shape index (κ1) is 8.04. The monoisotopic (exact) mass is 176 g/mol. The van der Waals surface area contributed by atoms with E-state index in [0.717, 1.165) is 23.4 Å². The molecule has 0 aliphatic heterocycles. The lowest BCUT2D eigenvalue weighted by Crippen LogP contribution is -1.96. The fourth-order valence-corrected chi connectivity index (χ4v) is 1.46. The molecule has 68 valence electrons. The maximum Gasteiger partial charge on any atom is 0.161 e. The summed E-state index contributed by atoms with van der Waals surface area (Å²) in [5, 5.41) is 0. The van der Waals surface area contributed by atoms with Gasteiger partial charge in [0, 0.05) is 19.7 Å². The second-order valence-electron chi connectivity index (χ2n) is 3.01. The molecule has 0 aliphatic rings. The Bertz CT molecular complexity index is 444. The third kappa shape index (κ3) is 1.06. The number of pyridine rings is 1. The molecule has 0 aromatic carbocycles. The van der Waals surface area contributed by atoms with E-state index in [9.17, 15) is 0 Å². The van der Waals surface area contributed by atoms with Gasteiger partial charge in [0.15, 0.2) is 5.65 Å². The molecule has 0 radical (unpaired) electrons. The third-order valence-corrected chi connectivity index (χ3v) is 2.20. The molecule has 2 aromatic heterocycles. The minimum Gasteiger partial charge on any atom is -0.397 e. The van der Waals surface area contributed by atoms with Gasteiger partial charge in [0.2, 0.25) is 0 Å². The molecule has 0 aliphatic carbocycles. The van der Waals surface area contributed by atoms with Gasteiger partial charge in [0.05, 0.1) is 5.69 Å². The van der Waals surface area contributed by atoms with Crippen molar-refractivity contribution in [2.24, 2.45) is 7.05 Å². The van der Waals surface area contributed by atoms with Crippen LogP contribution in [0.4, 0.5) is 5.69 Å². The highest BCUT2D eigenvalue weighted by Gasteiger charge is 2.08. The summed E-state index contributed by atoms with van der Waals surface area (Å²) in [5.41, 5.74) is 8.14. The molecule has 0 fully saturated rings. The molecule has 0 amide bonds. The summed E-state index contributed by atoms with van der Waals surface area (Å²) < 4.78 is 1.98. The summed E-state index contributed by atoms with van der Waals surface area (Å²) >= 11 is 0. The maximum atomic E-state index is 5.78. The summed E-state index contributed by atoms with van der Waals surface area (Å²) in [6.07, 6.45) is 2.60. The van der Waals surface area contributed by atoms with E-state index in [1.807, 2.05) is 11.6 Å². The Kier molecular flexibility index (Phi) is 1.69. The van der Waals surface area contributed by atoms with E-state index in [0.29, 0.717) is 5.69 Å². The van der Waals surface area contributed by atoms with Gasteiger partial charge in [-0.05, 0) is 6.07 Å². The van der Waals surface area contributed by atoms with Crippen LogP contribution in [0.15, 0.2) is 12.3 Å². The Hall–Kier alpha value is -1.58. The van der Waals surface area contributed by atoms with E-state index in [4.69, 9.17) is 5.73 Å². The van der Waals surface area contributed by atoms with Crippen LogP contribution in [-0.4, -0.2) is 14.5 Å². The number of fused-ring (bicyclic) bond motifs is 1. The summed E-state index contributed by atoms with van der Waals surface area (Å²) in [5.74, 6) is 1.01. The molecular formula is C9H12N4. The molecule has 4 heteroatoms. The molecule has 2 N–H and O–H groups in total. The summed E-state index contributed by atoms with van der Waals surface area (Å²) in [6, 6.07) is 1.77. The van der Waals surface area contributed by atoms with Crippen LogP contribution in [0, 0.1) is 0 Å². The highest BCUT2D eigenvalue weighted by molar-refractivity contribution is 5.84. The van der Waals surface area contributed by atoms with Crippen molar-refractivity contribution in [2.45, 2.75) is 13.3 Å². The lowest BCUT2D eigenvalue weighted by atomic mass is 10.4. The van der Waals surface area contributed by atoms with Crippen LogP contribution < -0.4 is 5.73 Å². The number of rotatable bonds is 1. The fraction of sp³-hybridized carbons (Fsp3) is 0.333. The van der Waals surface area contributed by atoms with Crippen molar-refractivity contribution < 1.29 is 0 Å². The van der Waals surface area contributed by atoms with Gasteiger partial charge in [0.1, 0.15) is 11.3 Å². The predicted molar refractivity (Wildman–Crippen MR) is 52.3 cm³/mol. The van der Waals surface area contributed by atoms with Crippen LogP contribution in [0.25, 0.3) is 11.2 Å². The molecule has 13 heavy (non-hydrogen) atoms. The van der Waals surface area contributed by atoms with Gasteiger partial charge in [-0.2, -0.15) is 0 Å². The van der Waals surface area contributed by atoms with Crippen molar-refractivity contribution in [1.82, 2.24) is 14.5 Å². The van der Waals surface area contributed by atoms with Gasteiger partial charge in [0.25, 0.3) is 0 Å². The number of hydrogen-bond donors (Lipinski definition) is 1. The Labute approximate surface area is 76.4 Å². The largest absolute Gasteiger partial charge is 0.397 e. The van der Waals surface area contributed by atoms with Crippen LogP contribution in [0.1, 0.15) is 12.7 Å². The summed E-state index contributed by atoms with van der Waals surface area (Å²) in [6.45, 7) is 2.07. The van der Waals surface area contributed by atoms with Gasteiger partial charge >= 0.3 is 0 Å². The molecule has 2 heterocycles. The van der Waals surface area contributed by atoms with Crippen molar-refractivity contribution in [2.75, 3.05) is 5.73 Å². The molecule has 0 bridgehead atoms. The smallest absolute Gasteiger partial charge is 0.161 e. The molecule has 4 nitrogen and oxygen atoms in total. The first-order chi connectivity index (χ1) is 6.24. The minimum atomic E-state index is 0.695. The van der Waals surface area contributed by atoms with E-state index in [1.54, 1.807) is 12.3 Å². The normalized spacial score (nSPS) is 10.9. The van der Waals surface area contributed by atoms with Gasteiger partial charge in [-0.3, -0.25) is 0 Å². The van der Waals surface area contributed by atoms with Crippen molar-refractivity contribution in [1.29, 1.82) is 0 Å². The number of hydrogen-bond acceptors (Lipinski definition) is 3. The second kappa shape index (κ2) is 2.73. The Morgan fingerprint density at radius 2 is 2.31 bits per heavy atom. The van der Waals surface area contributed by atoms with E-state index in [-0.39, 0.29) is 0 Å². The zero-order valence-corrected chi connectivity index (χ0v) is 7.78. The van der Waals surface area contributed by atoms with Crippen molar-refractivity contribution in [3.8, 4) is 0 Å². The lowest BCUT2D eigenvalue weighted by molar-refractivity contribution is 0.821. The van der Waals surface area contributed by atoms with E-state index in [1.165, 1.54) is 0 Å².